The second-order valence-electron chi connectivity index (χ2n) is 9.66. The van der Waals surface area contributed by atoms with Gasteiger partial charge in [-0.05, 0) is 59.3 Å². The quantitative estimate of drug-likeness (QED) is 0.298. The van der Waals surface area contributed by atoms with Gasteiger partial charge in [-0.25, -0.2) is 4.79 Å². The molecule has 2 saturated heterocycles. The highest BCUT2D eigenvalue weighted by Crippen LogP contribution is 2.26. The van der Waals surface area contributed by atoms with Crippen molar-refractivity contribution in [2.75, 3.05) is 38.2 Å². The number of carbonyl (C=O) groups excluding carboxylic acids is 2. The Balaban J connectivity index is 1.25. The molecule has 206 valence electrons. The summed E-state index contributed by atoms with van der Waals surface area (Å²) in [5.74, 6) is -0.601. The molecule has 14 heteroatoms. The summed E-state index contributed by atoms with van der Waals surface area (Å²) in [5.41, 5.74) is 2.71. The minimum Gasteiger partial charge on any atom is -0.379 e. The van der Waals surface area contributed by atoms with Gasteiger partial charge in [0, 0.05) is 48.0 Å². The lowest BCUT2D eigenvalue weighted by atomic mass is 10.1. The summed E-state index contributed by atoms with van der Waals surface area (Å²) in [6, 6.07) is 9.63. The minimum absolute atomic E-state index is 0.0171. The van der Waals surface area contributed by atoms with Gasteiger partial charge in [0.2, 0.25) is 11.8 Å². The first-order chi connectivity index (χ1) is 19.4. The maximum Gasteiger partial charge on any atom is 0.323 e. The zero-order valence-electron chi connectivity index (χ0n) is 21.3. The summed E-state index contributed by atoms with van der Waals surface area (Å²) in [4.78, 5) is 48.0. The van der Waals surface area contributed by atoms with Gasteiger partial charge >= 0.3 is 5.69 Å². The molecule has 0 bridgehead atoms. The van der Waals surface area contributed by atoms with Crippen molar-refractivity contribution >= 4 is 46.2 Å². The van der Waals surface area contributed by atoms with Crippen LogP contribution in [0.25, 0.3) is 22.8 Å². The SMILES string of the molecule is O=C(Nc1ccc2[nH]c(=O)[nH]c2c1)[C@@H]1C[C@H](N2CCOCC2)CN1C(=O)C=Cc1cc(Cl)ccc1-n1cnnn1. The Kier molecular flexibility index (Phi) is 7.15. The van der Waals surface area contributed by atoms with E-state index in [9.17, 15) is 14.4 Å². The van der Waals surface area contributed by atoms with E-state index in [1.165, 1.54) is 17.1 Å². The molecule has 2 aromatic heterocycles. The normalized spacial score (nSPS) is 20.0. The number of likely N-dealkylation sites (tertiary alicyclic amines) is 1. The summed E-state index contributed by atoms with van der Waals surface area (Å²) >= 11 is 6.22. The van der Waals surface area contributed by atoms with E-state index < -0.39 is 6.04 Å². The zero-order chi connectivity index (χ0) is 27.6. The van der Waals surface area contributed by atoms with Crippen LogP contribution >= 0.6 is 11.6 Å². The first-order valence-corrected chi connectivity index (χ1v) is 13.2. The fraction of sp³-hybridized carbons (Fsp3) is 0.308. The number of carbonyl (C=O) groups is 2. The molecule has 0 aliphatic carbocycles. The van der Waals surface area contributed by atoms with Crippen LogP contribution in [-0.2, 0) is 14.3 Å². The number of halogens is 1. The Labute approximate surface area is 232 Å². The van der Waals surface area contributed by atoms with Gasteiger partial charge in [0.15, 0.2) is 0 Å². The Morgan fingerprint density at radius 1 is 1.10 bits per heavy atom. The molecule has 0 radical (unpaired) electrons. The number of aromatic nitrogens is 6. The van der Waals surface area contributed by atoms with Crippen LogP contribution in [0.3, 0.4) is 0 Å². The van der Waals surface area contributed by atoms with Crippen LogP contribution in [0.4, 0.5) is 5.69 Å². The third-order valence-corrected chi connectivity index (χ3v) is 7.44. The number of imidazole rings is 1. The first-order valence-electron chi connectivity index (χ1n) is 12.8. The summed E-state index contributed by atoms with van der Waals surface area (Å²) in [6.45, 7) is 3.12. The predicted molar refractivity (Wildman–Crippen MR) is 147 cm³/mol. The number of hydrogen-bond acceptors (Lipinski definition) is 8. The predicted octanol–water partition coefficient (Wildman–Crippen LogP) is 1.44. The molecule has 4 heterocycles. The first kappa shape index (κ1) is 25.9. The van der Waals surface area contributed by atoms with E-state index >= 15 is 0 Å². The molecule has 2 fully saturated rings. The smallest absolute Gasteiger partial charge is 0.323 e. The highest BCUT2D eigenvalue weighted by Gasteiger charge is 2.41. The third-order valence-electron chi connectivity index (χ3n) is 7.20. The van der Waals surface area contributed by atoms with Crippen molar-refractivity contribution in [1.82, 2.24) is 40.0 Å². The maximum atomic E-state index is 13.6. The minimum atomic E-state index is -0.690. The number of ether oxygens (including phenoxy) is 1. The van der Waals surface area contributed by atoms with Gasteiger partial charge in [0.1, 0.15) is 12.4 Å². The zero-order valence-corrected chi connectivity index (χ0v) is 22.0. The highest BCUT2D eigenvalue weighted by atomic mass is 35.5. The largest absolute Gasteiger partial charge is 0.379 e. The average molecular weight is 564 g/mol. The molecule has 2 aromatic carbocycles. The summed E-state index contributed by atoms with van der Waals surface area (Å²) < 4.78 is 6.98. The number of benzene rings is 2. The van der Waals surface area contributed by atoms with Crippen molar-refractivity contribution in [3.8, 4) is 5.69 Å². The molecular formula is C26H26ClN9O4. The molecule has 0 saturated carbocycles. The maximum absolute atomic E-state index is 13.6. The number of nitrogens with one attached hydrogen (secondary N) is 3. The lowest BCUT2D eigenvalue weighted by Crippen LogP contribution is -2.45. The van der Waals surface area contributed by atoms with Crippen LogP contribution < -0.4 is 11.0 Å². The van der Waals surface area contributed by atoms with Crippen LogP contribution in [0, 0.1) is 0 Å². The Hall–Kier alpha value is -4.33. The lowest BCUT2D eigenvalue weighted by Gasteiger charge is -2.31. The molecule has 2 atom stereocenters. The molecule has 2 aliphatic heterocycles. The third kappa shape index (κ3) is 5.39. The molecule has 2 aliphatic rings. The van der Waals surface area contributed by atoms with E-state index in [-0.39, 0.29) is 23.5 Å². The monoisotopic (exact) mass is 563 g/mol. The van der Waals surface area contributed by atoms with E-state index in [4.69, 9.17) is 16.3 Å². The van der Waals surface area contributed by atoms with Gasteiger partial charge in [0.25, 0.3) is 0 Å². The number of fused-ring (bicyclic) bond motifs is 1. The second-order valence-corrected chi connectivity index (χ2v) is 10.1. The average Bonchev–Trinajstić information content (AvgIpc) is 3.71. The van der Waals surface area contributed by atoms with Gasteiger partial charge < -0.3 is 24.9 Å². The number of morpholine rings is 1. The molecule has 0 unspecified atom stereocenters. The number of aromatic amines is 2. The van der Waals surface area contributed by atoms with Crippen molar-refractivity contribution < 1.29 is 14.3 Å². The summed E-state index contributed by atoms with van der Waals surface area (Å²) in [7, 11) is 0. The fourth-order valence-corrected chi connectivity index (χ4v) is 5.43. The van der Waals surface area contributed by atoms with Gasteiger partial charge in [-0.15, -0.1) is 5.10 Å². The van der Waals surface area contributed by atoms with Crippen LogP contribution in [0.5, 0.6) is 0 Å². The van der Waals surface area contributed by atoms with Gasteiger partial charge in [-0.2, -0.15) is 4.68 Å². The van der Waals surface area contributed by atoms with Gasteiger partial charge in [0.05, 0.1) is 29.9 Å². The van der Waals surface area contributed by atoms with E-state index in [0.29, 0.717) is 59.2 Å². The van der Waals surface area contributed by atoms with Crippen LogP contribution in [0.1, 0.15) is 12.0 Å². The number of tetrazole rings is 1. The molecule has 13 nitrogen and oxygen atoms in total. The standard InChI is InChI=1S/C26H26ClN9O4/c27-17-2-5-22(36-15-28-32-33-36)16(11-17)1-6-24(37)35-14-19(34-7-9-40-10-8-34)13-23(35)25(38)29-18-3-4-20-21(12-18)31-26(39)30-20/h1-6,11-12,15,19,23H,7-10,13-14H2,(H,29,38)(H2,30,31,39)/t19-,23-/m0/s1. The van der Waals surface area contributed by atoms with Crippen molar-refractivity contribution in [1.29, 1.82) is 0 Å². The van der Waals surface area contributed by atoms with E-state index in [0.717, 1.165) is 13.1 Å². The Morgan fingerprint density at radius 3 is 2.73 bits per heavy atom. The van der Waals surface area contributed by atoms with E-state index in [2.05, 4.69) is 35.7 Å². The molecule has 2 amide bonds. The van der Waals surface area contributed by atoms with E-state index in [1.54, 1.807) is 47.4 Å². The number of nitrogens with zero attached hydrogens (tertiary/aromatic N) is 6. The Morgan fingerprint density at radius 2 is 1.93 bits per heavy atom. The number of amides is 2. The fourth-order valence-electron chi connectivity index (χ4n) is 5.24. The molecule has 0 spiro atoms. The van der Waals surface area contributed by atoms with Gasteiger partial charge in [-0.3, -0.25) is 14.5 Å². The number of hydrogen-bond donors (Lipinski definition) is 3. The van der Waals surface area contributed by atoms with Crippen molar-refractivity contribution in [3.63, 3.8) is 0 Å². The number of rotatable bonds is 6. The van der Waals surface area contributed by atoms with Crippen LogP contribution in [-0.4, -0.2) is 96.7 Å². The van der Waals surface area contributed by atoms with Crippen molar-refractivity contribution in [3.05, 3.63) is 69.9 Å². The summed E-state index contributed by atoms with van der Waals surface area (Å²) in [6.07, 6.45) is 5.04. The van der Waals surface area contributed by atoms with Crippen LogP contribution in [0.2, 0.25) is 5.02 Å². The molecule has 3 N–H and O–H groups in total. The molecule has 4 aromatic rings. The van der Waals surface area contributed by atoms with E-state index in [1.807, 2.05) is 0 Å². The van der Waals surface area contributed by atoms with Gasteiger partial charge in [-0.1, -0.05) is 11.6 Å². The Bertz CT molecular complexity index is 1620. The van der Waals surface area contributed by atoms with Crippen LogP contribution in [0.15, 0.2) is 53.6 Å². The highest BCUT2D eigenvalue weighted by molar-refractivity contribution is 6.30. The second kappa shape index (κ2) is 11.0. The number of anilines is 1. The topological polar surface area (TPSA) is 154 Å². The van der Waals surface area contributed by atoms with Crippen molar-refractivity contribution in [2.45, 2.75) is 18.5 Å². The summed E-state index contributed by atoms with van der Waals surface area (Å²) in [5, 5.41) is 14.7. The van der Waals surface area contributed by atoms with Crippen molar-refractivity contribution in [2.24, 2.45) is 0 Å². The lowest BCUT2D eigenvalue weighted by molar-refractivity contribution is -0.132. The molecule has 6 rings (SSSR count). The molecular weight excluding hydrogens is 538 g/mol. The molecule has 40 heavy (non-hydrogen) atoms. The number of H-pyrrole nitrogens is 2.